The zero-order chi connectivity index (χ0) is 16.0. The lowest BCUT2D eigenvalue weighted by atomic mass is 9.92. The van der Waals surface area contributed by atoms with E-state index in [4.69, 9.17) is 9.84 Å². The second kappa shape index (κ2) is 7.63. The number of hydrogen-bond acceptors (Lipinski definition) is 3. The van der Waals surface area contributed by atoms with Crippen molar-refractivity contribution in [1.82, 2.24) is 5.32 Å². The summed E-state index contributed by atoms with van der Waals surface area (Å²) in [5.74, 6) is 0.852. The van der Waals surface area contributed by atoms with Gasteiger partial charge in [-0.05, 0) is 69.2 Å². The van der Waals surface area contributed by atoms with E-state index in [2.05, 4.69) is 17.4 Å². The molecule has 0 aromatic heterocycles. The van der Waals surface area contributed by atoms with E-state index in [9.17, 15) is 4.79 Å². The summed E-state index contributed by atoms with van der Waals surface area (Å²) in [5, 5.41) is 11.9. The average molecular weight is 305 g/mol. The molecule has 4 nitrogen and oxygen atoms in total. The Morgan fingerprint density at radius 3 is 2.73 bits per heavy atom. The lowest BCUT2D eigenvalue weighted by Gasteiger charge is -2.23. The van der Waals surface area contributed by atoms with E-state index in [1.54, 1.807) is 13.8 Å². The van der Waals surface area contributed by atoms with Gasteiger partial charge in [0.1, 0.15) is 5.75 Å². The molecule has 0 saturated heterocycles. The van der Waals surface area contributed by atoms with Gasteiger partial charge in [0, 0.05) is 6.42 Å². The van der Waals surface area contributed by atoms with E-state index in [-0.39, 0.29) is 12.5 Å². The van der Waals surface area contributed by atoms with Crippen LogP contribution in [0.1, 0.15) is 50.7 Å². The van der Waals surface area contributed by atoms with Crippen LogP contribution in [0.15, 0.2) is 18.2 Å². The summed E-state index contributed by atoms with van der Waals surface area (Å²) in [7, 11) is 0. The third kappa shape index (κ3) is 5.02. The van der Waals surface area contributed by atoms with Crippen LogP contribution >= 0.6 is 0 Å². The summed E-state index contributed by atoms with van der Waals surface area (Å²) in [6.07, 6.45) is 5.95. The Hall–Kier alpha value is -1.55. The minimum absolute atomic E-state index is 0.0481. The summed E-state index contributed by atoms with van der Waals surface area (Å²) < 4.78 is 5.75. The van der Waals surface area contributed by atoms with Crippen LogP contribution in [0.2, 0.25) is 0 Å². The summed E-state index contributed by atoms with van der Waals surface area (Å²) in [6.45, 7) is 4.07. The largest absolute Gasteiger partial charge is 0.494 e. The van der Waals surface area contributed by atoms with Crippen LogP contribution < -0.4 is 10.1 Å². The maximum atomic E-state index is 11.7. The summed E-state index contributed by atoms with van der Waals surface area (Å²) >= 11 is 0. The SMILES string of the molecule is CC(C)(CO)NC(=O)CCCOc1ccc2c(c1)CCCC2. The van der Waals surface area contributed by atoms with Crippen LogP contribution in [0.25, 0.3) is 0 Å². The Kier molecular flexibility index (Phi) is 5.83. The molecule has 1 aliphatic carbocycles. The number of ether oxygens (including phenoxy) is 1. The highest BCUT2D eigenvalue weighted by atomic mass is 16.5. The first kappa shape index (κ1) is 16.8. The van der Waals surface area contributed by atoms with Gasteiger partial charge in [0.05, 0.1) is 18.8 Å². The molecule has 1 aromatic rings. The number of aliphatic hydroxyl groups is 1. The standard InChI is InChI=1S/C18H27NO3/c1-18(2,13-20)19-17(21)8-5-11-22-16-10-9-14-6-3-4-7-15(14)12-16/h9-10,12,20H,3-8,11,13H2,1-2H3,(H,19,21). The molecule has 4 heteroatoms. The number of rotatable bonds is 7. The second-order valence-electron chi connectivity index (χ2n) is 6.68. The average Bonchev–Trinajstić information content (AvgIpc) is 2.51. The Morgan fingerprint density at radius 2 is 2.00 bits per heavy atom. The molecule has 0 aliphatic heterocycles. The molecule has 0 bridgehead atoms. The van der Waals surface area contributed by atoms with Crippen molar-refractivity contribution in [1.29, 1.82) is 0 Å². The maximum Gasteiger partial charge on any atom is 0.220 e. The van der Waals surface area contributed by atoms with Gasteiger partial charge in [0.25, 0.3) is 0 Å². The normalized spacial score (nSPS) is 14.3. The van der Waals surface area contributed by atoms with Crippen molar-refractivity contribution >= 4 is 5.91 Å². The van der Waals surface area contributed by atoms with Crippen LogP contribution in [0.4, 0.5) is 0 Å². The lowest BCUT2D eigenvalue weighted by Crippen LogP contribution is -2.46. The molecule has 1 aromatic carbocycles. The van der Waals surface area contributed by atoms with Crippen molar-refractivity contribution in [3.63, 3.8) is 0 Å². The Labute approximate surface area is 132 Å². The third-order valence-corrected chi connectivity index (χ3v) is 4.01. The summed E-state index contributed by atoms with van der Waals surface area (Å²) in [4.78, 5) is 11.7. The fraction of sp³-hybridized carbons (Fsp3) is 0.611. The van der Waals surface area contributed by atoms with E-state index >= 15 is 0 Å². The van der Waals surface area contributed by atoms with Gasteiger partial charge in [0.15, 0.2) is 0 Å². The molecule has 0 atom stereocenters. The number of carbonyl (C=O) groups excluding carboxylic acids is 1. The topological polar surface area (TPSA) is 58.6 Å². The van der Waals surface area contributed by atoms with Crippen LogP contribution in [0.5, 0.6) is 5.75 Å². The number of carbonyl (C=O) groups is 1. The monoisotopic (exact) mass is 305 g/mol. The Balaban J connectivity index is 1.72. The molecular weight excluding hydrogens is 278 g/mol. The smallest absolute Gasteiger partial charge is 0.220 e. The van der Waals surface area contributed by atoms with E-state index < -0.39 is 5.54 Å². The van der Waals surface area contributed by atoms with Crippen molar-refractivity contribution in [3.8, 4) is 5.75 Å². The first-order valence-electron chi connectivity index (χ1n) is 8.17. The number of fused-ring (bicyclic) bond motifs is 1. The van der Waals surface area contributed by atoms with Gasteiger partial charge in [-0.1, -0.05) is 6.07 Å². The molecule has 122 valence electrons. The van der Waals surface area contributed by atoms with E-state index in [0.717, 1.165) is 12.2 Å². The second-order valence-corrected chi connectivity index (χ2v) is 6.68. The molecule has 0 spiro atoms. The molecule has 0 saturated carbocycles. The summed E-state index contributed by atoms with van der Waals surface area (Å²) in [5.41, 5.74) is 2.30. The van der Waals surface area contributed by atoms with Crippen LogP contribution in [0.3, 0.4) is 0 Å². The minimum atomic E-state index is -0.559. The zero-order valence-corrected chi connectivity index (χ0v) is 13.7. The van der Waals surface area contributed by atoms with Crippen LogP contribution in [-0.4, -0.2) is 29.8 Å². The van der Waals surface area contributed by atoms with Crippen LogP contribution in [-0.2, 0) is 17.6 Å². The summed E-state index contributed by atoms with van der Waals surface area (Å²) in [6, 6.07) is 6.34. The van der Waals surface area contributed by atoms with Crippen LogP contribution in [0, 0.1) is 0 Å². The number of aryl methyl sites for hydroxylation is 2. The maximum absolute atomic E-state index is 11.7. The minimum Gasteiger partial charge on any atom is -0.494 e. The number of amides is 1. The molecule has 2 N–H and O–H groups in total. The number of benzene rings is 1. The third-order valence-electron chi connectivity index (χ3n) is 4.01. The van der Waals surface area contributed by atoms with Gasteiger partial charge in [-0.2, -0.15) is 0 Å². The molecule has 0 unspecified atom stereocenters. The number of aliphatic hydroxyl groups excluding tert-OH is 1. The highest BCUT2D eigenvalue weighted by molar-refractivity contribution is 5.76. The molecule has 0 fully saturated rings. The van der Waals surface area contributed by atoms with E-state index in [1.807, 2.05) is 6.07 Å². The lowest BCUT2D eigenvalue weighted by molar-refractivity contribution is -0.123. The van der Waals surface area contributed by atoms with Gasteiger partial charge in [-0.15, -0.1) is 0 Å². The van der Waals surface area contributed by atoms with Crippen molar-refractivity contribution in [3.05, 3.63) is 29.3 Å². The fourth-order valence-corrected chi connectivity index (χ4v) is 2.70. The highest BCUT2D eigenvalue weighted by Gasteiger charge is 2.18. The van der Waals surface area contributed by atoms with Gasteiger partial charge < -0.3 is 15.2 Å². The number of nitrogens with one attached hydrogen (secondary N) is 1. The van der Waals surface area contributed by atoms with Gasteiger partial charge >= 0.3 is 0 Å². The zero-order valence-electron chi connectivity index (χ0n) is 13.7. The van der Waals surface area contributed by atoms with Gasteiger partial charge in [-0.3, -0.25) is 4.79 Å². The highest BCUT2D eigenvalue weighted by Crippen LogP contribution is 2.25. The van der Waals surface area contributed by atoms with Crippen molar-refractivity contribution in [2.45, 2.75) is 57.9 Å². The van der Waals surface area contributed by atoms with E-state index in [1.165, 1.54) is 30.4 Å². The Bertz CT molecular complexity index is 511. The molecule has 1 aliphatic rings. The molecule has 0 radical (unpaired) electrons. The number of hydrogen-bond donors (Lipinski definition) is 2. The van der Waals surface area contributed by atoms with Crippen molar-refractivity contribution in [2.75, 3.05) is 13.2 Å². The Morgan fingerprint density at radius 1 is 1.27 bits per heavy atom. The molecule has 2 rings (SSSR count). The predicted molar refractivity (Wildman–Crippen MR) is 87.1 cm³/mol. The molecule has 1 amide bonds. The molecule has 0 heterocycles. The first-order valence-corrected chi connectivity index (χ1v) is 8.17. The van der Waals surface area contributed by atoms with Crippen molar-refractivity contribution < 1.29 is 14.6 Å². The predicted octanol–water partition coefficient (Wildman–Crippen LogP) is 2.61. The molecule has 22 heavy (non-hydrogen) atoms. The quantitative estimate of drug-likeness (QED) is 0.761. The fourth-order valence-electron chi connectivity index (χ4n) is 2.70. The molecular formula is C18H27NO3. The van der Waals surface area contributed by atoms with Gasteiger partial charge in [0.2, 0.25) is 5.91 Å². The van der Waals surface area contributed by atoms with Crippen molar-refractivity contribution in [2.24, 2.45) is 0 Å². The van der Waals surface area contributed by atoms with E-state index in [0.29, 0.717) is 19.4 Å². The van der Waals surface area contributed by atoms with Gasteiger partial charge in [-0.25, -0.2) is 0 Å². The first-order chi connectivity index (χ1) is 10.5.